The van der Waals surface area contributed by atoms with Crippen molar-refractivity contribution in [2.45, 2.75) is 49.7 Å². The molecule has 2 nitrogen and oxygen atoms in total. The van der Waals surface area contributed by atoms with E-state index in [1.54, 1.807) is 0 Å². The lowest BCUT2D eigenvalue weighted by Crippen LogP contribution is -2.41. The molecule has 22 heavy (non-hydrogen) atoms. The number of aliphatic hydroxyl groups excluding tert-OH is 1. The Kier molecular flexibility index (Phi) is 4.60. The molecule has 2 aromatic carbocycles. The third-order valence-electron chi connectivity index (χ3n) is 4.91. The summed E-state index contributed by atoms with van der Waals surface area (Å²) in [5.74, 6) is -0.281. The molecule has 0 heterocycles. The van der Waals surface area contributed by atoms with Crippen molar-refractivity contribution in [3.8, 4) is 0 Å². The highest BCUT2D eigenvalue weighted by Gasteiger charge is 2.42. The Morgan fingerprint density at radius 2 is 1.23 bits per heavy atom. The summed E-state index contributed by atoms with van der Waals surface area (Å²) in [5, 5.41) is 22.2. The number of rotatable bonds is 4. The van der Waals surface area contributed by atoms with Crippen LogP contribution in [0.2, 0.25) is 0 Å². The Labute approximate surface area is 132 Å². The lowest BCUT2D eigenvalue weighted by molar-refractivity contribution is -0.0613. The van der Waals surface area contributed by atoms with Crippen LogP contribution in [0.5, 0.6) is 0 Å². The summed E-state index contributed by atoms with van der Waals surface area (Å²) < 4.78 is 0. The van der Waals surface area contributed by atoms with Gasteiger partial charge in [0.1, 0.15) is 0 Å². The zero-order valence-electron chi connectivity index (χ0n) is 12.9. The van der Waals surface area contributed by atoms with Gasteiger partial charge in [0, 0.05) is 5.92 Å². The summed E-state index contributed by atoms with van der Waals surface area (Å²) in [5.41, 5.74) is 1.06. The summed E-state index contributed by atoms with van der Waals surface area (Å²) in [4.78, 5) is 0. The van der Waals surface area contributed by atoms with Crippen LogP contribution in [0.4, 0.5) is 0 Å². The molecule has 3 rings (SSSR count). The largest absolute Gasteiger partial charge is 0.389 e. The lowest BCUT2D eigenvalue weighted by atomic mass is 9.69. The molecule has 0 aromatic heterocycles. The van der Waals surface area contributed by atoms with E-state index >= 15 is 0 Å². The predicted octanol–water partition coefficient (Wildman–Crippen LogP) is 4.20. The molecule has 2 N–H and O–H groups in total. The van der Waals surface area contributed by atoms with E-state index in [4.69, 9.17) is 0 Å². The molecule has 0 radical (unpaired) electrons. The van der Waals surface area contributed by atoms with E-state index in [0.29, 0.717) is 0 Å². The van der Waals surface area contributed by atoms with Crippen LogP contribution in [-0.4, -0.2) is 15.8 Å². The molecule has 0 bridgehead atoms. The lowest BCUT2D eigenvalue weighted by Gasteiger charge is -2.42. The van der Waals surface area contributed by atoms with E-state index in [1.165, 1.54) is 6.42 Å². The van der Waals surface area contributed by atoms with E-state index < -0.39 is 11.7 Å². The van der Waals surface area contributed by atoms with Crippen LogP contribution in [-0.2, 0) is 0 Å². The van der Waals surface area contributed by atoms with Crippen LogP contribution < -0.4 is 0 Å². The molecule has 1 fully saturated rings. The van der Waals surface area contributed by atoms with E-state index in [9.17, 15) is 10.2 Å². The highest BCUT2D eigenvalue weighted by atomic mass is 16.3. The summed E-state index contributed by atoms with van der Waals surface area (Å²) in [7, 11) is 0. The van der Waals surface area contributed by atoms with Gasteiger partial charge in [0.05, 0.1) is 11.7 Å². The second-order valence-electron chi connectivity index (χ2n) is 6.41. The van der Waals surface area contributed by atoms with Crippen LogP contribution in [0.15, 0.2) is 60.7 Å². The zero-order valence-corrected chi connectivity index (χ0v) is 12.9. The number of hydrogen-bond donors (Lipinski definition) is 2. The van der Waals surface area contributed by atoms with Crippen LogP contribution in [0.25, 0.3) is 0 Å². The molecule has 1 saturated carbocycles. The van der Waals surface area contributed by atoms with Gasteiger partial charge in [-0.05, 0) is 24.0 Å². The van der Waals surface area contributed by atoms with Crippen molar-refractivity contribution in [1.82, 2.24) is 0 Å². The van der Waals surface area contributed by atoms with Gasteiger partial charge in [-0.25, -0.2) is 0 Å². The molecule has 116 valence electrons. The van der Waals surface area contributed by atoms with Gasteiger partial charge in [0.25, 0.3) is 0 Å². The van der Waals surface area contributed by atoms with Crippen molar-refractivity contribution < 1.29 is 10.2 Å². The molecule has 0 saturated heterocycles. The molecule has 0 spiro atoms. The fraction of sp³-hybridized carbons (Fsp3) is 0.400. The zero-order chi connectivity index (χ0) is 15.4. The van der Waals surface area contributed by atoms with Crippen molar-refractivity contribution in [3.63, 3.8) is 0 Å². The summed E-state index contributed by atoms with van der Waals surface area (Å²) in [6.07, 6.45) is 4.06. The first-order chi connectivity index (χ1) is 10.7. The minimum atomic E-state index is -0.825. The molecule has 1 aliphatic rings. The predicted molar refractivity (Wildman–Crippen MR) is 88.6 cm³/mol. The average molecular weight is 296 g/mol. The first-order valence-electron chi connectivity index (χ1n) is 8.21. The Bertz CT molecular complexity index is 573. The molecule has 2 aromatic rings. The second-order valence-corrected chi connectivity index (χ2v) is 6.41. The van der Waals surface area contributed by atoms with Gasteiger partial charge >= 0.3 is 0 Å². The standard InChI is InChI=1S/C20H24O2/c21-19(17-12-6-2-7-13-17)18(16-10-4-1-5-11-16)20(22)14-8-3-9-15-20/h1-2,4-7,10-13,18-19,21-22H,3,8-9,14-15H2/t18-,19-/m1/s1. The van der Waals surface area contributed by atoms with Crippen molar-refractivity contribution in [2.75, 3.05) is 0 Å². The molecule has 0 unspecified atom stereocenters. The Morgan fingerprint density at radius 1 is 0.727 bits per heavy atom. The van der Waals surface area contributed by atoms with Crippen LogP contribution >= 0.6 is 0 Å². The fourth-order valence-corrected chi connectivity index (χ4v) is 3.76. The first kappa shape index (κ1) is 15.3. The minimum Gasteiger partial charge on any atom is -0.389 e. The van der Waals surface area contributed by atoms with Gasteiger partial charge in [0.15, 0.2) is 0 Å². The van der Waals surface area contributed by atoms with E-state index in [1.807, 2.05) is 60.7 Å². The van der Waals surface area contributed by atoms with Crippen molar-refractivity contribution in [3.05, 3.63) is 71.8 Å². The average Bonchev–Trinajstić information content (AvgIpc) is 2.57. The molecule has 2 atom stereocenters. The van der Waals surface area contributed by atoms with Crippen LogP contribution in [0, 0.1) is 0 Å². The third-order valence-corrected chi connectivity index (χ3v) is 4.91. The number of benzene rings is 2. The molecular weight excluding hydrogens is 272 g/mol. The van der Waals surface area contributed by atoms with Gasteiger partial charge in [-0.15, -0.1) is 0 Å². The smallest absolute Gasteiger partial charge is 0.0886 e. The maximum absolute atomic E-state index is 11.3. The third kappa shape index (κ3) is 3.08. The highest BCUT2D eigenvalue weighted by molar-refractivity contribution is 5.30. The monoisotopic (exact) mass is 296 g/mol. The minimum absolute atomic E-state index is 0.281. The van der Waals surface area contributed by atoms with E-state index in [2.05, 4.69) is 0 Å². The van der Waals surface area contributed by atoms with Crippen LogP contribution in [0.3, 0.4) is 0 Å². The summed E-state index contributed by atoms with van der Waals surface area (Å²) in [6, 6.07) is 19.7. The summed E-state index contributed by atoms with van der Waals surface area (Å²) >= 11 is 0. The number of hydrogen-bond acceptors (Lipinski definition) is 2. The summed E-state index contributed by atoms with van der Waals surface area (Å²) in [6.45, 7) is 0. The Hall–Kier alpha value is -1.64. The van der Waals surface area contributed by atoms with E-state index in [-0.39, 0.29) is 5.92 Å². The second kappa shape index (κ2) is 6.64. The maximum Gasteiger partial charge on any atom is 0.0886 e. The first-order valence-corrected chi connectivity index (χ1v) is 8.21. The van der Waals surface area contributed by atoms with E-state index in [0.717, 1.165) is 36.8 Å². The van der Waals surface area contributed by atoms with Crippen molar-refractivity contribution in [2.24, 2.45) is 0 Å². The Morgan fingerprint density at radius 3 is 1.77 bits per heavy atom. The maximum atomic E-state index is 11.3. The molecule has 2 heteroatoms. The van der Waals surface area contributed by atoms with Crippen LogP contribution in [0.1, 0.15) is 55.3 Å². The van der Waals surface area contributed by atoms with Crippen molar-refractivity contribution >= 4 is 0 Å². The van der Waals surface area contributed by atoms with Gasteiger partial charge < -0.3 is 10.2 Å². The van der Waals surface area contributed by atoms with Gasteiger partial charge in [-0.2, -0.15) is 0 Å². The van der Waals surface area contributed by atoms with Gasteiger partial charge in [0.2, 0.25) is 0 Å². The van der Waals surface area contributed by atoms with Crippen molar-refractivity contribution in [1.29, 1.82) is 0 Å². The molecule has 0 amide bonds. The quantitative estimate of drug-likeness (QED) is 0.887. The Balaban J connectivity index is 1.99. The molecule has 0 aliphatic heterocycles. The highest BCUT2D eigenvalue weighted by Crippen LogP contribution is 2.46. The van der Waals surface area contributed by atoms with Gasteiger partial charge in [-0.3, -0.25) is 0 Å². The molecular formula is C20H24O2. The topological polar surface area (TPSA) is 40.5 Å². The number of aliphatic hydroxyl groups is 2. The SMILES string of the molecule is O[C@H](c1ccccc1)[C@@H](c1ccccc1)C1(O)CCCCC1. The fourth-order valence-electron chi connectivity index (χ4n) is 3.76. The normalized spacial score (nSPS) is 20.3. The molecule has 1 aliphatic carbocycles. The van der Waals surface area contributed by atoms with Gasteiger partial charge in [-0.1, -0.05) is 79.9 Å².